The molecule has 0 saturated heterocycles. The molecule has 8 heteroatoms. The molecular formula is C13H18F3NO3S. The van der Waals surface area contributed by atoms with Crippen molar-refractivity contribution < 1.29 is 26.3 Å². The number of benzene rings is 1. The molecule has 4 nitrogen and oxygen atoms in total. The fraction of sp³-hybridized carbons (Fsp3) is 0.538. The Hall–Kier alpha value is -1.28. The van der Waals surface area contributed by atoms with Crippen molar-refractivity contribution in [2.24, 2.45) is 5.73 Å². The van der Waals surface area contributed by atoms with Crippen molar-refractivity contribution in [3.63, 3.8) is 0 Å². The Morgan fingerprint density at radius 2 is 1.81 bits per heavy atom. The number of rotatable bonds is 7. The van der Waals surface area contributed by atoms with Crippen LogP contribution in [0.4, 0.5) is 13.2 Å². The van der Waals surface area contributed by atoms with Gasteiger partial charge in [0.1, 0.15) is 15.6 Å². The van der Waals surface area contributed by atoms with Crippen LogP contribution in [0.3, 0.4) is 0 Å². The van der Waals surface area contributed by atoms with E-state index in [2.05, 4.69) is 4.74 Å². The zero-order valence-electron chi connectivity index (χ0n) is 11.6. The zero-order valence-corrected chi connectivity index (χ0v) is 12.4. The van der Waals surface area contributed by atoms with Crippen LogP contribution in [0.5, 0.6) is 5.75 Å². The van der Waals surface area contributed by atoms with Crippen molar-refractivity contribution in [1.29, 1.82) is 0 Å². The average Bonchev–Trinajstić information content (AvgIpc) is 2.37. The first-order chi connectivity index (χ1) is 9.63. The summed E-state index contributed by atoms with van der Waals surface area (Å²) >= 11 is 0. The highest BCUT2D eigenvalue weighted by atomic mass is 32.2. The molecule has 0 saturated carbocycles. The summed E-state index contributed by atoms with van der Waals surface area (Å²) in [5.74, 6) is -0.162. The third-order valence-electron chi connectivity index (χ3n) is 2.95. The molecule has 1 aromatic carbocycles. The average molecular weight is 325 g/mol. The molecule has 2 N–H and O–H groups in total. The van der Waals surface area contributed by atoms with Gasteiger partial charge in [-0.25, -0.2) is 8.42 Å². The summed E-state index contributed by atoms with van der Waals surface area (Å²) < 4.78 is 62.4. The van der Waals surface area contributed by atoms with Crippen LogP contribution in [0.1, 0.15) is 31.4 Å². The maximum absolute atomic E-state index is 12.0. The summed E-state index contributed by atoms with van der Waals surface area (Å²) in [7, 11) is -3.02. The lowest BCUT2D eigenvalue weighted by atomic mass is 10.0. The minimum Gasteiger partial charge on any atom is -0.406 e. The van der Waals surface area contributed by atoms with Crippen molar-refractivity contribution in [3.8, 4) is 5.75 Å². The molecule has 0 amide bonds. The topological polar surface area (TPSA) is 69.4 Å². The van der Waals surface area contributed by atoms with E-state index in [9.17, 15) is 21.6 Å². The van der Waals surface area contributed by atoms with Crippen molar-refractivity contribution >= 4 is 9.84 Å². The third-order valence-corrected chi connectivity index (χ3v) is 4.74. The van der Waals surface area contributed by atoms with Gasteiger partial charge in [0.15, 0.2) is 0 Å². The predicted molar refractivity (Wildman–Crippen MR) is 73.6 cm³/mol. The monoisotopic (exact) mass is 325 g/mol. The number of hydrogen-bond donors (Lipinski definition) is 1. The molecule has 1 unspecified atom stereocenters. The van der Waals surface area contributed by atoms with E-state index in [4.69, 9.17) is 5.73 Å². The van der Waals surface area contributed by atoms with Crippen LogP contribution < -0.4 is 10.5 Å². The normalized spacial score (nSPS) is 14.0. The van der Waals surface area contributed by atoms with Crippen LogP contribution in [0.15, 0.2) is 24.3 Å². The predicted octanol–water partition coefficient (Wildman–Crippen LogP) is 2.80. The van der Waals surface area contributed by atoms with E-state index < -0.39 is 22.2 Å². The Morgan fingerprint density at radius 3 is 2.29 bits per heavy atom. The molecule has 0 aliphatic rings. The van der Waals surface area contributed by atoms with Gasteiger partial charge < -0.3 is 10.5 Å². The van der Waals surface area contributed by atoms with E-state index in [1.54, 1.807) is 6.92 Å². The number of hydrogen-bond acceptors (Lipinski definition) is 4. The Labute approximate surface area is 122 Å². The highest BCUT2D eigenvalue weighted by Crippen LogP contribution is 2.25. The quantitative estimate of drug-likeness (QED) is 0.837. The minimum atomic E-state index is -4.72. The number of halogens is 3. The number of alkyl halides is 3. The van der Waals surface area contributed by atoms with Crippen molar-refractivity contribution in [1.82, 2.24) is 0 Å². The van der Waals surface area contributed by atoms with Gasteiger partial charge in [0.2, 0.25) is 0 Å². The molecule has 0 fully saturated rings. The summed E-state index contributed by atoms with van der Waals surface area (Å²) in [6, 6.07) is 4.84. The van der Waals surface area contributed by atoms with Crippen LogP contribution in [-0.2, 0) is 9.84 Å². The fourth-order valence-corrected chi connectivity index (χ4v) is 2.65. The molecule has 1 rings (SSSR count). The molecule has 0 spiro atoms. The Morgan fingerprint density at radius 1 is 1.24 bits per heavy atom. The van der Waals surface area contributed by atoms with Gasteiger partial charge in [-0.3, -0.25) is 0 Å². The SMILES string of the molecule is CCS(=O)(=O)CCCC(N)c1ccc(OC(F)(F)F)cc1. The molecule has 120 valence electrons. The lowest BCUT2D eigenvalue weighted by Crippen LogP contribution is -2.17. The second kappa shape index (κ2) is 7.13. The van der Waals surface area contributed by atoms with E-state index >= 15 is 0 Å². The Bertz CT molecular complexity index is 541. The smallest absolute Gasteiger partial charge is 0.406 e. The number of sulfone groups is 1. The first kappa shape index (κ1) is 17.8. The van der Waals surface area contributed by atoms with E-state index in [1.165, 1.54) is 24.3 Å². The second-order valence-corrected chi connectivity index (χ2v) is 7.07. The lowest BCUT2D eigenvalue weighted by Gasteiger charge is -2.13. The molecule has 0 bridgehead atoms. The summed E-state index contributed by atoms with van der Waals surface area (Å²) in [6.45, 7) is 1.58. The molecule has 21 heavy (non-hydrogen) atoms. The fourth-order valence-electron chi connectivity index (χ4n) is 1.75. The Kier molecular flexibility index (Phi) is 6.03. The molecule has 0 aliphatic carbocycles. The summed E-state index contributed by atoms with van der Waals surface area (Å²) in [6.07, 6.45) is -3.87. The second-order valence-electron chi connectivity index (χ2n) is 4.60. The Balaban J connectivity index is 2.53. The molecule has 0 aliphatic heterocycles. The molecule has 1 aromatic rings. The molecular weight excluding hydrogens is 307 g/mol. The highest BCUT2D eigenvalue weighted by Gasteiger charge is 2.31. The maximum Gasteiger partial charge on any atom is 0.573 e. The highest BCUT2D eigenvalue weighted by molar-refractivity contribution is 7.91. The van der Waals surface area contributed by atoms with Crippen LogP contribution in [0, 0.1) is 0 Å². The first-order valence-corrected chi connectivity index (χ1v) is 8.27. The van der Waals surface area contributed by atoms with Gasteiger partial charge in [-0.15, -0.1) is 13.2 Å². The van der Waals surface area contributed by atoms with Gasteiger partial charge in [0, 0.05) is 11.8 Å². The largest absolute Gasteiger partial charge is 0.573 e. The van der Waals surface area contributed by atoms with Crippen molar-refractivity contribution in [2.75, 3.05) is 11.5 Å². The minimum absolute atomic E-state index is 0.0620. The van der Waals surface area contributed by atoms with E-state index in [0.717, 1.165) is 0 Å². The van der Waals surface area contributed by atoms with Gasteiger partial charge in [-0.2, -0.15) is 0 Å². The van der Waals surface area contributed by atoms with E-state index in [1.807, 2.05) is 0 Å². The lowest BCUT2D eigenvalue weighted by molar-refractivity contribution is -0.274. The van der Waals surface area contributed by atoms with E-state index in [-0.39, 0.29) is 17.3 Å². The van der Waals surface area contributed by atoms with Gasteiger partial charge in [0.05, 0.1) is 5.75 Å². The molecule has 1 atom stereocenters. The molecule has 0 heterocycles. The van der Waals surface area contributed by atoms with Crippen LogP contribution in [-0.4, -0.2) is 26.3 Å². The van der Waals surface area contributed by atoms with Crippen LogP contribution >= 0.6 is 0 Å². The van der Waals surface area contributed by atoms with Gasteiger partial charge in [-0.05, 0) is 30.5 Å². The third kappa shape index (κ3) is 6.81. The van der Waals surface area contributed by atoms with Crippen molar-refractivity contribution in [3.05, 3.63) is 29.8 Å². The number of nitrogens with two attached hydrogens (primary N) is 1. The molecule has 0 aromatic heterocycles. The summed E-state index contributed by atoms with van der Waals surface area (Å²) in [4.78, 5) is 0. The first-order valence-electron chi connectivity index (χ1n) is 6.44. The van der Waals surface area contributed by atoms with Gasteiger partial charge in [0.25, 0.3) is 0 Å². The summed E-state index contributed by atoms with van der Waals surface area (Å²) in [5, 5.41) is 0. The standard InChI is InChI=1S/C13H18F3NO3S/c1-2-21(18,19)9-3-4-12(17)10-5-7-11(8-6-10)20-13(14,15)16/h5-8,12H,2-4,9,17H2,1H3. The maximum atomic E-state index is 12.0. The van der Waals surface area contributed by atoms with Gasteiger partial charge in [-0.1, -0.05) is 19.1 Å². The number of ether oxygens (including phenoxy) is 1. The van der Waals surface area contributed by atoms with Crippen LogP contribution in [0.25, 0.3) is 0 Å². The van der Waals surface area contributed by atoms with Crippen molar-refractivity contribution in [2.45, 2.75) is 32.2 Å². The molecule has 0 radical (unpaired) electrons. The zero-order chi connectivity index (χ0) is 16.1. The summed E-state index contributed by atoms with van der Waals surface area (Å²) in [5.41, 5.74) is 6.52. The van der Waals surface area contributed by atoms with E-state index in [0.29, 0.717) is 18.4 Å². The van der Waals surface area contributed by atoms with Crippen LogP contribution in [0.2, 0.25) is 0 Å². The van der Waals surface area contributed by atoms with Gasteiger partial charge >= 0.3 is 6.36 Å².